The summed E-state index contributed by atoms with van der Waals surface area (Å²) in [5.41, 5.74) is 0.343. The van der Waals surface area contributed by atoms with Crippen LogP contribution in [0.15, 0.2) is 30.3 Å². The molecule has 1 aromatic rings. The highest BCUT2D eigenvalue weighted by atomic mass is 17.2. The van der Waals surface area contributed by atoms with E-state index in [0.29, 0.717) is 12.8 Å². The molecule has 0 aromatic heterocycles. The molecule has 0 spiro atoms. The first-order valence-corrected chi connectivity index (χ1v) is 8.01. The number of rotatable bonds is 7. The number of aliphatic hydroxyl groups is 2. The zero-order valence-electron chi connectivity index (χ0n) is 14.4. The SMILES string of the molecule is CC(C)(C)CCCC(C(=O)OOC(=O)c1ccccc1)C(O)CO. The third-order valence-electron chi connectivity index (χ3n) is 3.61. The van der Waals surface area contributed by atoms with Crippen LogP contribution in [0, 0.1) is 11.3 Å². The van der Waals surface area contributed by atoms with E-state index >= 15 is 0 Å². The van der Waals surface area contributed by atoms with Gasteiger partial charge in [0.15, 0.2) is 0 Å². The molecule has 0 heterocycles. The topological polar surface area (TPSA) is 93.1 Å². The van der Waals surface area contributed by atoms with E-state index in [-0.39, 0.29) is 11.0 Å². The molecule has 0 aliphatic rings. The van der Waals surface area contributed by atoms with Crippen molar-refractivity contribution in [3.05, 3.63) is 35.9 Å². The van der Waals surface area contributed by atoms with E-state index in [4.69, 9.17) is 5.11 Å². The minimum atomic E-state index is -1.26. The molecule has 0 fully saturated rings. The van der Waals surface area contributed by atoms with Crippen LogP contribution in [-0.4, -0.2) is 34.9 Å². The van der Waals surface area contributed by atoms with Crippen molar-refractivity contribution in [2.45, 2.75) is 46.1 Å². The van der Waals surface area contributed by atoms with E-state index in [0.717, 1.165) is 6.42 Å². The van der Waals surface area contributed by atoms with Crippen molar-refractivity contribution in [1.29, 1.82) is 0 Å². The predicted molar refractivity (Wildman–Crippen MR) is 87.8 cm³/mol. The van der Waals surface area contributed by atoms with Gasteiger partial charge in [0.25, 0.3) is 0 Å². The average Bonchev–Trinajstić information content (AvgIpc) is 2.55. The minimum Gasteiger partial charge on any atom is -0.394 e. The van der Waals surface area contributed by atoms with Crippen LogP contribution in [0.3, 0.4) is 0 Å². The number of aliphatic hydroxyl groups excluding tert-OH is 2. The summed E-state index contributed by atoms with van der Waals surface area (Å²) < 4.78 is 0. The summed E-state index contributed by atoms with van der Waals surface area (Å²) in [5.74, 6) is -2.61. The standard InChI is InChI=1S/C18H26O6/c1-18(2,3)11-7-10-14(15(20)12-19)17(22)24-23-16(21)13-8-5-4-6-9-13/h4-6,8-9,14-15,19-20H,7,10-12H2,1-3H3. The van der Waals surface area contributed by atoms with Gasteiger partial charge in [-0.2, -0.15) is 0 Å². The van der Waals surface area contributed by atoms with Crippen molar-refractivity contribution < 1.29 is 29.6 Å². The highest BCUT2D eigenvalue weighted by molar-refractivity contribution is 5.89. The average molecular weight is 338 g/mol. The summed E-state index contributed by atoms with van der Waals surface area (Å²) >= 11 is 0. The molecule has 2 N–H and O–H groups in total. The molecule has 6 nitrogen and oxygen atoms in total. The van der Waals surface area contributed by atoms with Crippen molar-refractivity contribution in [1.82, 2.24) is 0 Å². The van der Waals surface area contributed by atoms with Crippen molar-refractivity contribution in [2.75, 3.05) is 6.61 Å². The van der Waals surface area contributed by atoms with Crippen LogP contribution >= 0.6 is 0 Å². The Morgan fingerprint density at radius 2 is 1.75 bits per heavy atom. The van der Waals surface area contributed by atoms with E-state index in [9.17, 15) is 14.7 Å². The Hall–Kier alpha value is -1.92. The Morgan fingerprint density at radius 3 is 2.29 bits per heavy atom. The molecule has 0 bridgehead atoms. The fourth-order valence-corrected chi connectivity index (χ4v) is 2.21. The van der Waals surface area contributed by atoms with Crippen molar-refractivity contribution in [2.24, 2.45) is 11.3 Å². The first-order chi connectivity index (χ1) is 11.2. The fraction of sp³-hybridized carbons (Fsp3) is 0.556. The molecule has 0 aliphatic carbocycles. The third-order valence-corrected chi connectivity index (χ3v) is 3.61. The molecule has 2 atom stereocenters. The first-order valence-electron chi connectivity index (χ1n) is 8.01. The number of carbonyl (C=O) groups is 2. The molecule has 1 aromatic carbocycles. The van der Waals surface area contributed by atoms with Gasteiger partial charge < -0.3 is 10.2 Å². The van der Waals surface area contributed by atoms with Crippen LogP contribution in [0.1, 0.15) is 50.4 Å². The van der Waals surface area contributed by atoms with Crippen LogP contribution < -0.4 is 0 Å². The molecule has 0 amide bonds. The van der Waals surface area contributed by atoms with Crippen LogP contribution in [0.4, 0.5) is 0 Å². The maximum Gasteiger partial charge on any atom is 0.386 e. The van der Waals surface area contributed by atoms with Crippen LogP contribution in [0.5, 0.6) is 0 Å². The molecule has 0 radical (unpaired) electrons. The quantitative estimate of drug-likeness (QED) is 0.586. The maximum absolute atomic E-state index is 12.1. The van der Waals surface area contributed by atoms with E-state index in [2.05, 4.69) is 30.5 Å². The molecule has 0 saturated heterocycles. The van der Waals surface area contributed by atoms with E-state index in [1.165, 1.54) is 12.1 Å². The van der Waals surface area contributed by atoms with Crippen LogP contribution in [0.2, 0.25) is 0 Å². The van der Waals surface area contributed by atoms with Gasteiger partial charge in [0, 0.05) is 0 Å². The second-order valence-electron chi connectivity index (χ2n) is 6.95. The second kappa shape index (κ2) is 9.39. The highest BCUT2D eigenvalue weighted by Gasteiger charge is 2.30. The van der Waals surface area contributed by atoms with Gasteiger partial charge in [0.2, 0.25) is 0 Å². The zero-order valence-corrected chi connectivity index (χ0v) is 14.4. The fourth-order valence-electron chi connectivity index (χ4n) is 2.21. The molecule has 6 heteroatoms. The largest absolute Gasteiger partial charge is 0.394 e. The number of hydrogen-bond donors (Lipinski definition) is 2. The van der Waals surface area contributed by atoms with Crippen LogP contribution in [0.25, 0.3) is 0 Å². The maximum atomic E-state index is 12.1. The van der Waals surface area contributed by atoms with E-state index < -0.39 is 30.6 Å². The number of benzene rings is 1. The third kappa shape index (κ3) is 7.10. The van der Waals surface area contributed by atoms with Gasteiger partial charge in [-0.3, -0.25) is 0 Å². The van der Waals surface area contributed by atoms with Gasteiger partial charge in [-0.05, 0) is 30.4 Å². The Bertz CT molecular complexity index is 520. The lowest BCUT2D eigenvalue weighted by Crippen LogP contribution is -2.33. The lowest BCUT2D eigenvalue weighted by molar-refractivity contribution is -0.242. The van der Waals surface area contributed by atoms with Gasteiger partial charge in [-0.15, -0.1) is 0 Å². The Kier molecular flexibility index (Phi) is 7.88. The molecule has 2 unspecified atom stereocenters. The Balaban J connectivity index is 2.56. The Morgan fingerprint density at radius 1 is 1.12 bits per heavy atom. The van der Waals surface area contributed by atoms with Gasteiger partial charge in [-0.1, -0.05) is 45.4 Å². The molecule has 24 heavy (non-hydrogen) atoms. The van der Waals surface area contributed by atoms with Crippen molar-refractivity contribution in [3.8, 4) is 0 Å². The van der Waals surface area contributed by atoms with E-state index in [1.807, 2.05) is 0 Å². The van der Waals surface area contributed by atoms with Gasteiger partial charge in [0.1, 0.15) is 0 Å². The summed E-state index contributed by atoms with van der Waals surface area (Å²) in [5, 5.41) is 18.9. The van der Waals surface area contributed by atoms with Crippen LogP contribution in [-0.2, 0) is 14.6 Å². The normalized spacial score (nSPS) is 13.9. The summed E-state index contributed by atoms with van der Waals surface area (Å²) in [7, 11) is 0. The Labute approximate surface area is 142 Å². The van der Waals surface area contributed by atoms with Gasteiger partial charge in [-0.25, -0.2) is 19.4 Å². The minimum absolute atomic E-state index is 0.0956. The molecule has 0 aliphatic heterocycles. The van der Waals surface area contributed by atoms with Crippen molar-refractivity contribution >= 4 is 11.9 Å². The number of carbonyl (C=O) groups excluding carboxylic acids is 2. The summed E-state index contributed by atoms with van der Waals surface area (Å²) in [6, 6.07) is 8.11. The molecular weight excluding hydrogens is 312 g/mol. The smallest absolute Gasteiger partial charge is 0.386 e. The molecular formula is C18H26O6. The first kappa shape index (κ1) is 20.1. The zero-order chi connectivity index (χ0) is 18.2. The predicted octanol–water partition coefficient (Wildman–Crippen LogP) is 2.49. The summed E-state index contributed by atoms with van der Waals surface area (Å²) in [4.78, 5) is 32.9. The van der Waals surface area contributed by atoms with E-state index in [1.54, 1.807) is 18.2 Å². The molecule has 134 valence electrons. The molecule has 0 saturated carbocycles. The molecule has 1 rings (SSSR count). The lowest BCUT2D eigenvalue weighted by Gasteiger charge is -2.22. The summed E-state index contributed by atoms with van der Waals surface area (Å²) in [6.07, 6.45) is 0.597. The summed E-state index contributed by atoms with van der Waals surface area (Å²) in [6.45, 7) is 5.65. The van der Waals surface area contributed by atoms with Crippen molar-refractivity contribution in [3.63, 3.8) is 0 Å². The number of hydrogen-bond acceptors (Lipinski definition) is 6. The highest BCUT2D eigenvalue weighted by Crippen LogP contribution is 2.25. The van der Waals surface area contributed by atoms with Gasteiger partial charge in [0.05, 0.1) is 24.2 Å². The second-order valence-corrected chi connectivity index (χ2v) is 6.95. The monoisotopic (exact) mass is 338 g/mol. The lowest BCUT2D eigenvalue weighted by atomic mass is 9.87. The van der Waals surface area contributed by atoms with Gasteiger partial charge >= 0.3 is 11.9 Å².